The fourth-order valence-electron chi connectivity index (χ4n) is 1.62. The lowest BCUT2D eigenvalue weighted by molar-refractivity contribution is 0.574. The molecule has 1 aromatic heterocycles. The molecule has 0 atom stereocenters. The highest BCUT2D eigenvalue weighted by atomic mass is 35.5. The number of hydrogen-bond acceptors (Lipinski definition) is 2. The van der Waals surface area contributed by atoms with E-state index in [1.54, 1.807) is 0 Å². The molecule has 15 heavy (non-hydrogen) atoms. The second-order valence-electron chi connectivity index (χ2n) is 4.61. The normalized spacial score (nSPS) is 12.0. The van der Waals surface area contributed by atoms with Crippen LogP contribution in [0.15, 0.2) is 24.3 Å². The molecule has 0 N–H and O–H groups in total. The third-order valence-electron chi connectivity index (χ3n) is 2.29. The SMILES string of the molecule is CC(C)(C)c1nc(Cl)nc2ccccc12. The van der Waals surface area contributed by atoms with Gasteiger partial charge in [-0.05, 0) is 17.7 Å². The second-order valence-corrected chi connectivity index (χ2v) is 4.95. The minimum atomic E-state index is -0.0216. The van der Waals surface area contributed by atoms with Crippen LogP contribution >= 0.6 is 11.6 Å². The predicted octanol–water partition coefficient (Wildman–Crippen LogP) is 3.58. The van der Waals surface area contributed by atoms with Crippen molar-refractivity contribution in [1.29, 1.82) is 0 Å². The lowest BCUT2D eigenvalue weighted by Gasteiger charge is -2.19. The van der Waals surface area contributed by atoms with Crippen molar-refractivity contribution in [3.05, 3.63) is 35.2 Å². The quantitative estimate of drug-likeness (QED) is 0.635. The van der Waals surface area contributed by atoms with Crippen molar-refractivity contribution in [2.24, 2.45) is 0 Å². The highest BCUT2D eigenvalue weighted by Gasteiger charge is 2.19. The van der Waals surface area contributed by atoms with Gasteiger partial charge in [-0.3, -0.25) is 0 Å². The van der Waals surface area contributed by atoms with E-state index in [-0.39, 0.29) is 5.41 Å². The van der Waals surface area contributed by atoms with Crippen LogP contribution in [-0.4, -0.2) is 9.97 Å². The minimum Gasteiger partial charge on any atom is -0.222 e. The van der Waals surface area contributed by atoms with Crippen molar-refractivity contribution in [1.82, 2.24) is 9.97 Å². The molecule has 0 fully saturated rings. The average molecular weight is 221 g/mol. The third-order valence-corrected chi connectivity index (χ3v) is 2.46. The zero-order chi connectivity index (χ0) is 11.1. The first kappa shape index (κ1) is 10.4. The minimum absolute atomic E-state index is 0.0216. The first-order valence-corrected chi connectivity index (χ1v) is 5.29. The number of rotatable bonds is 0. The van der Waals surface area contributed by atoms with E-state index in [4.69, 9.17) is 11.6 Å². The molecule has 1 heterocycles. The van der Waals surface area contributed by atoms with Gasteiger partial charge in [-0.2, -0.15) is 0 Å². The highest BCUT2D eigenvalue weighted by Crippen LogP contribution is 2.28. The Labute approximate surface area is 94.3 Å². The molecule has 0 bridgehead atoms. The lowest BCUT2D eigenvalue weighted by atomic mass is 9.89. The second kappa shape index (κ2) is 3.46. The molecule has 0 aliphatic rings. The van der Waals surface area contributed by atoms with E-state index >= 15 is 0 Å². The molecule has 2 aromatic rings. The summed E-state index contributed by atoms with van der Waals surface area (Å²) in [5, 5.41) is 1.40. The Morgan fingerprint density at radius 2 is 1.73 bits per heavy atom. The fraction of sp³-hybridized carbons (Fsp3) is 0.333. The van der Waals surface area contributed by atoms with Gasteiger partial charge in [-0.25, -0.2) is 9.97 Å². The van der Waals surface area contributed by atoms with E-state index in [1.807, 2.05) is 24.3 Å². The molecule has 3 heteroatoms. The van der Waals surface area contributed by atoms with E-state index in [1.165, 1.54) is 0 Å². The third kappa shape index (κ3) is 1.95. The smallest absolute Gasteiger partial charge is 0.222 e. The van der Waals surface area contributed by atoms with Crippen molar-refractivity contribution < 1.29 is 0 Å². The average Bonchev–Trinajstić information content (AvgIpc) is 2.15. The van der Waals surface area contributed by atoms with Crippen LogP contribution in [0.5, 0.6) is 0 Å². The molecular weight excluding hydrogens is 208 g/mol. The Kier molecular flexibility index (Phi) is 2.39. The van der Waals surface area contributed by atoms with Crippen molar-refractivity contribution in [3.63, 3.8) is 0 Å². The molecule has 0 amide bonds. The molecule has 0 aliphatic heterocycles. The van der Waals surface area contributed by atoms with Gasteiger partial charge in [0.1, 0.15) is 0 Å². The van der Waals surface area contributed by atoms with Gasteiger partial charge < -0.3 is 0 Å². The topological polar surface area (TPSA) is 25.8 Å². The summed E-state index contributed by atoms with van der Waals surface area (Å²) in [5.74, 6) is 0. The van der Waals surface area contributed by atoms with Crippen LogP contribution in [0.1, 0.15) is 26.5 Å². The number of hydrogen-bond donors (Lipinski definition) is 0. The summed E-state index contributed by atoms with van der Waals surface area (Å²) in [4.78, 5) is 8.53. The molecule has 0 saturated heterocycles. The largest absolute Gasteiger partial charge is 0.223 e. The number of halogens is 1. The van der Waals surface area contributed by atoms with Crippen LogP contribution in [0.4, 0.5) is 0 Å². The van der Waals surface area contributed by atoms with E-state index in [2.05, 4.69) is 30.7 Å². The Hall–Kier alpha value is -1.15. The fourth-order valence-corrected chi connectivity index (χ4v) is 1.80. The Bertz CT molecular complexity index is 500. The maximum Gasteiger partial charge on any atom is 0.223 e. The number of nitrogens with zero attached hydrogens (tertiary/aromatic N) is 2. The van der Waals surface area contributed by atoms with Crippen LogP contribution < -0.4 is 0 Å². The highest BCUT2D eigenvalue weighted by molar-refractivity contribution is 6.28. The molecule has 0 radical (unpaired) electrons. The zero-order valence-electron chi connectivity index (χ0n) is 9.08. The molecule has 78 valence electrons. The van der Waals surface area contributed by atoms with Gasteiger partial charge in [-0.1, -0.05) is 39.0 Å². The van der Waals surface area contributed by atoms with Gasteiger partial charge in [0.2, 0.25) is 5.28 Å². The Morgan fingerprint density at radius 1 is 1.07 bits per heavy atom. The van der Waals surface area contributed by atoms with E-state index < -0.39 is 0 Å². The van der Waals surface area contributed by atoms with Gasteiger partial charge in [0.25, 0.3) is 0 Å². The van der Waals surface area contributed by atoms with Crippen LogP contribution in [0.2, 0.25) is 5.28 Å². The molecule has 0 unspecified atom stereocenters. The summed E-state index contributed by atoms with van der Waals surface area (Å²) in [7, 11) is 0. The molecule has 1 aromatic carbocycles. The first-order valence-electron chi connectivity index (χ1n) is 4.91. The summed E-state index contributed by atoms with van der Waals surface area (Å²) < 4.78 is 0. The van der Waals surface area contributed by atoms with Gasteiger partial charge in [0.05, 0.1) is 11.2 Å². The molecule has 0 saturated carbocycles. The summed E-state index contributed by atoms with van der Waals surface area (Å²) in [6.45, 7) is 6.37. The number of aromatic nitrogens is 2. The summed E-state index contributed by atoms with van der Waals surface area (Å²) in [6, 6.07) is 7.94. The summed E-state index contributed by atoms with van der Waals surface area (Å²) in [6.07, 6.45) is 0. The van der Waals surface area contributed by atoms with Crippen molar-refractivity contribution >= 4 is 22.5 Å². The van der Waals surface area contributed by atoms with Crippen molar-refractivity contribution in [2.45, 2.75) is 26.2 Å². The predicted molar refractivity (Wildman–Crippen MR) is 63.2 cm³/mol. The van der Waals surface area contributed by atoms with Crippen molar-refractivity contribution in [3.8, 4) is 0 Å². The van der Waals surface area contributed by atoms with Gasteiger partial charge in [-0.15, -0.1) is 0 Å². The Morgan fingerprint density at radius 3 is 2.40 bits per heavy atom. The maximum absolute atomic E-state index is 5.91. The number of benzene rings is 1. The molecule has 0 spiro atoms. The van der Waals surface area contributed by atoms with Crippen LogP contribution in [0, 0.1) is 0 Å². The number of fused-ring (bicyclic) bond motifs is 1. The summed E-state index contributed by atoms with van der Waals surface area (Å²) >= 11 is 5.91. The maximum atomic E-state index is 5.91. The first-order chi connectivity index (χ1) is 6.98. The molecule has 2 nitrogen and oxygen atoms in total. The van der Waals surface area contributed by atoms with Gasteiger partial charge in [0.15, 0.2) is 0 Å². The monoisotopic (exact) mass is 220 g/mol. The molecule has 0 aliphatic carbocycles. The Balaban J connectivity index is 2.83. The lowest BCUT2D eigenvalue weighted by Crippen LogP contribution is -2.14. The molecular formula is C12H13ClN2. The van der Waals surface area contributed by atoms with Crippen LogP contribution in [0.25, 0.3) is 10.9 Å². The van der Waals surface area contributed by atoms with Crippen LogP contribution in [-0.2, 0) is 5.41 Å². The van der Waals surface area contributed by atoms with Gasteiger partial charge >= 0.3 is 0 Å². The number of para-hydroxylation sites is 1. The standard InChI is InChI=1S/C12H13ClN2/c1-12(2,3)10-8-6-4-5-7-9(8)14-11(13)15-10/h4-7H,1-3H3. The van der Waals surface area contributed by atoms with Crippen molar-refractivity contribution in [2.75, 3.05) is 0 Å². The zero-order valence-corrected chi connectivity index (χ0v) is 9.84. The summed E-state index contributed by atoms with van der Waals surface area (Å²) in [5.41, 5.74) is 1.88. The van der Waals surface area contributed by atoms with E-state index in [0.29, 0.717) is 5.28 Å². The van der Waals surface area contributed by atoms with Crippen LogP contribution in [0.3, 0.4) is 0 Å². The van der Waals surface area contributed by atoms with Gasteiger partial charge in [0, 0.05) is 10.8 Å². The van der Waals surface area contributed by atoms with E-state index in [0.717, 1.165) is 16.6 Å². The molecule has 2 rings (SSSR count). The van der Waals surface area contributed by atoms with E-state index in [9.17, 15) is 0 Å².